The van der Waals surface area contributed by atoms with Crippen LogP contribution >= 0.6 is 0 Å². The van der Waals surface area contributed by atoms with E-state index in [1.54, 1.807) is 24.3 Å². The third-order valence-corrected chi connectivity index (χ3v) is 5.45. The number of carbonyl (C=O) groups is 3. The first-order valence-electron chi connectivity index (χ1n) is 11.1. The Labute approximate surface area is 189 Å². The molecule has 0 aliphatic rings. The second-order valence-corrected chi connectivity index (χ2v) is 8.85. The molecule has 2 aromatic carbocycles. The van der Waals surface area contributed by atoms with Crippen LogP contribution in [0.15, 0.2) is 48.5 Å². The van der Waals surface area contributed by atoms with Crippen molar-refractivity contribution in [2.45, 2.75) is 65.4 Å². The molecule has 0 saturated carbocycles. The van der Waals surface area contributed by atoms with Crippen molar-refractivity contribution in [1.82, 2.24) is 0 Å². The molecule has 0 spiro atoms. The predicted molar refractivity (Wildman–Crippen MR) is 126 cm³/mol. The highest BCUT2D eigenvalue weighted by Crippen LogP contribution is 2.26. The summed E-state index contributed by atoms with van der Waals surface area (Å²) >= 11 is 0. The molecule has 1 amide bonds. The zero-order valence-corrected chi connectivity index (χ0v) is 19.1. The SMILES string of the molecule is CCCCCC(O)CC(=O)Nc1ccc(-c2ccc(C(=O)CC(C)(C)C(=O)O)cc2)cc1. The van der Waals surface area contributed by atoms with Crippen LogP contribution in [0.25, 0.3) is 11.1 Å². The summed E-state index contributed by atoms with van der Waals surface area (Å²) in [4.78, 5) is 35.7. The van der Waals surface area contributed by atoms with Gasteiger partial charge in [-0.3, -0.25) is 14.4 Å². The summed E-state index contributed by atoms with van der Waals surface area (Å²) in [5.74, 6) is -1.42. The summed E-state index contributed by atoms with van der Waals surface area (Å²) in [5.41, 5.74) is 1.85. The average molecular weight is 440 g/mol. The maximum absolute atomic E-state index is 12.4. The lowest BCUT2D eigenvalue weighted by atomic mass is 9.85. The number of carboxylic acids is 1. The molecule has 0 aliphatic heterocycles. The first-order chi connectivity index (χ1) is 15.1. The van der Waals surface area contributed by atoms with E-state index in [1.807, 2.05) is 24.3 Å². The van der Waals surface area contributed by atoms with Crippen LogP contribution in [0.1, 0.15) is 69.7 Å². The number of carbonyl (C=O) groups excluding carboxylic acids is 2. The molecular formula is C26H33NO5. The molecule has 172 valence electrons. The number of aliphatic hydroxyl groups is 1. The summed E-state index contributed by atoms with van der Waals surface area (Å²) in [6.45, 7) is 5.17. The Morgan fingerprint density at radius 1 is 0.938 bits per heavy atom. The van der Waals surface area contributed by atoms with E-state index in [1.165, 1.54) is 13.8 Å². The average Bonchev–Trinajstić information content (AvgIpc) is 2.74. The summed E-state index contributed by atoms with van der Waals surface area (Å²) < 4.78 is 0. The summed E-state index contributed by atoms with van der Waals surface area (Å²) in [5, 5.41) is 22.0. The van der Waals surface area contributed by atoms with E-state index < -0.39 is 17.5 Å². The van der Waals surface area contributed by atoms with Gasteiger partial charge < -0.3 is 15.5 Å². The van der Waals surface area contributed by atoms with E-state index >= 15 is 0 Å². The van der Waals surface area contributed by atoms with Crippen LogP contribution in [0.5, 0.6) is 0 Å². The van der Waals surface area contributed by atoms with Gasteiger partial charge >= 0.3 is 5.97 Å². The Bertz CT molecular complexity index is 916. The van der Waals surface area contributed by atoms with E-state index in [2.05, 4.69) is 12.2 Å². The minimum atomic E-state index is -1.11. The third-order valence-electron chi connectivity index (χ3n) is 5.45. The molecule has 0 bridgehead atoms. The molecular weight excluding hydrogens is 406 g/mol. The van der Waals surface area contributed by atoms with Crippen LogP contribution in [0.2, 0.25) is 0 Å². The third kappa shape index (κ3) is 7.61. The maximum Gasteiger partial charge on any atom is 0.309 e. The molecule has 0 saturated heterocycles. The lowest BCUT2D eigenvalue weighted by Crippen LogP contribution is -2.26. The van der Waals surface area contributed by atoms with Gasteiger partial charge in [-0.1, -0.05) is 62.6 Å². The van der Waals surface area contributed by atoms with E-state index in [0.29, 0.717) is 17.7 Å². The van der Waals surface area contributed by atoms with E-state index in [9.17, 15) is 24.6 Å². The Balaban J connectivity index is 1.94. The molecule has 32 heavy (non-hydrogen) atoms. The fourth-order valence-corrected chi connectivity index (χ4v) is 3.33. The molecule has 0 aliphatic carbocycles. The van der Waals surface area contributed by atoms with Crippen LogP contribution < -0.4 is 5.32 Å². The number of aliphatic carboxylic acids is 1. The van der Waals surface area contributed by atoms with Gasteiger partial charge in [-0.25, -0.2) is 0 Å². The topological polar surface area (TPSA) is 104 Å². The minimum Gasteiger partial charge on any atom is -0.481 e. The number of carboxylic acid groups (broad SMARTS) is 1. The van der Waals surface area contributed by atoms with Crippen molar-refractivity contribution in [3.8, 4) is 11.1 Å². The van der Waals surface area contributed by atoms with Crippen LogP contribution in [0, 0.1) is 5.41 Å². The van der Waals surface area contributed by atoms with Crippen molar-refractivity contribution >= 4 is 23.3 Å². The van der Waals surface area contributed by atoms with Crippen LogP contribution in [0.3, 0.4) is 0 Å². The van der Waals surface area contributed by atoms with Crippen LogP contribution in [-0.2, 0) is 9.59 Å². The molecule has 0 fully saturated rings. The number of amides is 1. The molecule has 0 radical (unpaired) electrons. The maximum atomic E-state index is 12.4. The monoisotopic (exact) mass is 439 g/mol. The van der Waals surface area contributed by atoms with Gasteiger partial charge in [0.2, 0.25) is 5.91 Å². The fourth-order valence-electron chi connectivity index (χ4n) is 3.33. The van der Waals surface area contributed by atoms with Gasteiger partial charge in [0, 0.05) is 17.7 Å². The number of rotatable bonds is 12. The van der Waals surface area contributed by atoms with Crippen molar-refractivity contribution < 1.29 is 24.6 Å². The van der Waals surface area contributed by atoms with Gasteiger partial charge in [-0.05, 0) is 43.5 Å². The van der Waals surface area contributed by atoms with Gasteiger partial charge in [-0.15, -0.1) is 0 Å². The highest BCUT2D eigenvalue weighted by molar-refractivity contribution is 5.99. The zero-order valence-electron chi connectivity index (χ0n) is 19.1. The quantitative estimate of drug-likeness (QED) is 0.307. The number of anilines is 1. The number of aliphatic hydroxyl groups excluding tert-OH is 1. The van der Waals surface area contributed by atoms with Gasteiger partial charge in [0.15, 0.2) is 5.78 Å². The fraction of sp³-hybridized carbons (Fsp3) is 0.423. The molecule has 6 heteroatoms. The second-order valence-electron chi connectivity index (χ2n) is 8.85. The summed E-state index contributed by atoms with van der Waals surface area (Å²) in [7, 11) is 0. The summed E-state index contributed by atoms with van der Waals surface area (Å²) in [6.07, 6.45) is 3.07. The Morgan fingerprint density at radius 3 is 2.03 bits per heavy atom. The van der Waals surface area contributed by atoms with Gasteiger partial charge in [-0.2, -0.15) is 0 Å². The van der Waals surface area contributed by atoms with Crippen molar-refractivity contribution in [3.63, 3.8) is 0 Å². The van der Waals surface area contributed by atoms with E-state index in [-0.39, 0.29) is 24.5 Å². The number of benzene rings is 2. The molecule has 0 aromatic heterocycles. The standard InChI is InChI=1S/C26H33NO5/c1-4-5-6-7-22(28)16-24(30)27-21-14-12-19(13-15-21)18-8-10-20(11-9-18)23(29)17-26(2,3)25(31)32/h8-15,22,28H,4-7,16-17H2,1-3H3,(H,27,30)(H,31,32). The van der Waals surface area contributed by atoms with Gasteiger partial charge in [0.05, 0.1) is 17.9 Å². The number of ketones is 1. The van der Waals surface area contributed by atoms with Crippen molar-refractivity contribution in [2.24, 2.45) is 5.41 Å². The summed E-state index contributed by atoms with van der Waals surface area (Å²) in [6, 6.07) is 14.4. The van der Waals surface area contributed by atoms with Gasteiger partial charge in [0.25, 0.3) is 0 Å². The predicted octanol–water partition coefficient (Wildman–Crippen LogP) is 5.31. The molecule has 0 heterocycles. The number of Topliss-reactive ketones (excluding diaryl/α,β-unsaturated/α-hetero) is 1. The normalized spacial score (nSPS) is 12.2. The highest BCUT2D eigenvalue weighted by atomic mass is 16.4. The molecule has 2 rings (SSSR count). The first kappa shape index (κ1) is 25.3. The second kappa shape index (κ2) is 11.6. The lowest BCUT2D eigenvalue weighted by molar-refractivity contribution is -0.146. The number of nitrogens with one attached hydrogen (secondary N) is 1. The van der Waals surface area contributed by atoms with Crippen molar-refractivity contribution in [3.05, 3.63) is 54.1 Å². The zero-order chi connectivity index (χ0) is 23.7. The first-order valence-corrected chi connectivity index (χ1v) is 11.1. The smallest absolute Gasteiger partial charge is 0.309 e. The molecule has 1 unspecified atom stereocenters. The Kier molecular flexibility index (Phi) is 9.14. The van der Waals surface area contributed by atoms with E-state index in [0.717, 1.165) is 30.4 Å². The Hall–Kier alpha value is -2.99. The van der Waals surface area contributed by atoms with E-state index in [4.69, 9.17) is 0 Å². The van der Waals surface area contributed by atoms with Crippen molar-refractivity contribution in [1.29, 1.82) is 0 Å². The van der Waals surface area contributed by atoms with Gasteiger partial charge in [0.1, 0.15) is 0 Å². The molecule has 6 nitrogen and oxygen atoms in total. The molecule has 2 aromatic rings. The molecule has 1 atom stereocenters. The van der Waals surface area contributed by atoms with Crippen LogP contribution in [-0.4, -0.2) is 34.0 Å². The Morgan fingerprint density at radius 2 is 1.50 bits per heavy atom. The highest BCUT2D eigenvalue weighted by Gasteiger charge is 2.30. The number of hydrogen-bond donors (Lipinski definition) is 3. The molecule has 3 N–H and O–H groups in total. The number of hydrogen-bond acceptors (Lipinski definition) is 4. The largest absolute Gasteiger partial charge is 0.481 e. The van der Waals surface area contributed by atoms with Crippen LogP contribution in [0.4, 0.5) is 5.69 Å². The number of unbranched alkanes of at least 4 members (excludes halogenated alkanes) is 2. The lowest BCUT2D eigenvalue weighted by Gasteiger charge is -2.17. The van der Waals surface area contributed by atoms with Crippen molar-refractivity contribution in [2.75, 3.05) is 5.32 Å². The minimum absolute atomic E-state index is 0.0661.